The second kappa shape index (κ2) is 5.31. The number of fused-ring (bicyclic) bond motifs is 1. The molecule has 1 aromatic heterocycles. The Morgan fingerprint density at radius 1 is 1.20 bits per heavy atom. The number of hydrogen-bond donors (Lipinski definition) is 1. The van der Waals surface area contributed by atoms with Crippen molar-refractivity contribution < 1.29 is 5.11 Å². The first-order valence-corrected chi connectivity index (χ1v) is 6.89. The summed E-state index contributed by atoms with van der Waals surface area (Å²) in [5.41, 5.74) is 1.82. The van der Waals surface area contributed by atoms with E-state index in [0.29, 0.717) is 6.54 Å². The van der Waals surface area contributed by atoms with Crippen LogP contribution in [0.15, 0.2) is 41.3 Å². The first-order valence-electron chi connectivity index (χ1n) is 6.51. The lowest BCUT2D eigenvalue weighted by Crippen LogP contribution is -2.34. The van der Waals surface area contributed by atoms with Gasteiger partial charge in [0.1, 0.15) is 0 Å². The van der Waals surface area contributed by atoms with Gasteiger partial charge >= 0.3 is 0 Å². The van der Waals surface area contributed by atoms with Crippen molar-refractivity contribution >= 4 is 11.6 Å². The normalized spacial score (nSPS) is 15.1. The maximum atomic E-state index is 11.5. The van der Waals surface area contributed by atoms with E-state index in [4.69, 9.17) is 11.6 Å². The highest BCUT2D eigenvalue weighted by molar-refractivity contribution is 6.30. The lowest BCUT2D eigenvalue weighted by atomic mass is 10.2. The quantitative estimate of drug-likeness (QED) is 0.922. The van der Waals surface area contributed by atoms with Crippen LogP contribution < -0.4 is 5.43 Å². The van der Waals surface area contributed by atoms with Crippen LogP contribution in [-0.2, 0) is 19.6 Å². The second-order valence-electron chi connectivity index (χ2n) is 5.04. The summed E-state index contributed by atoms with van der Waals surface area (Å²) in [7, 11) is 0. The van der Waals surface area contributed by atoms with Gasteiger partial charge in [-0.15, -0.1) is 0 Å². The van der Waals surface area contributed by atoms with Crippen LogP contribution in [0.4, 0.5) is 0 Å². The number of aromatic hydroxyl groups is 1. The molecule has 0 saturated carbocycles. The Morgan fingerprint density at radius 2 is 1.95 bits per heavy atom. The molecule has 2 heterocycles. The molecule has 1 N–H and O–H groups in total. The minimum Gasteiger partial charge on any atom is -0.503 e. The van der Waals surface area contributed by atoms with E-state index >= 15 is 0 Å². The Morgan fingerprint density at radius 3 is 2.70 bits per heavy atom. The average Bonchev–Trinajstić information content (AvgIpc) is 2.43. The molecule has 1 aromatic carbocycles. The molecular weight excluding hydrogens is 276 g/mol. The molecule has 0 aliphatic carbocycles. The molecule has 0 amide bonds. The summed E-state index contributed by atoms with van der Waals surface area (Å²) in [5, 5.41) is 10.2. The summed E-state index contributed by atoms with van der Waals surface area (Å²) in [6, 6.07) is 9.32. The average molecular weight is 291 g/mol. The Hall–Kier alpha value is -1.78. The highest BCUT2D eigenvalue weighted by Gasteiger charge is 2.16. The molecule has 0 unspecified atom stereocenters. The van der Waals surface area contributed by atoms with Crippen molar-refractivity contribution in [2.75, 3.05) is 6.54 Å². The van der Waals surface area contributed by atoms with Gasteiger partial charge in [-0.25, -0.2) is 0 Å². The summed E-state index contributed by atoms with van der Waals surface area (Å²) in [5.74, 6) is -0.181. The van der Waals surface area contributed by atoms with Gasteiger partial charge < -0.3 is 9.67 Å². The lowest BCUT2D eigenvalue weighted by Gasteiger charge is -2.30. The zero-order chi connectivity index (χ0) is 14.1. The molecule has 0 atom stereocenters. The number of aromatic nitrogens is 1. The van der Waals surface area contributed by atoms with E-state index in [1.54, 1.807) is 0 Å². The van der Waals surface area contributed by atoms with Gasteiger partial charge in [0.2, 0.25) is 5.43 Å². The Kier molecular flexibility index (Phi) is 3.51. The fourth-order valence-corrected chi connectivity index (χ4v) is 2.61. The predicted molar refractivity (Wildman–Crippen MR) is 77.9 cm³/mol. The van der Waals surface area contributed by atoms with E-state index in [1.165, 1.54) is 17.8 Å². The molecule has 4 nitrogen and oxygen atoms in total. The van der Waals surface area contributed by atoms with E-state index in [-0.39, 0.29) is 11.2 Å². The third kappa shape index (κ3) is 2.71. The van der Waals surface area contributed by atoms with Crippen molar-refractivity contribution in [1.29, 1.82) is 0 Å². The third-order valence-electron chi connectivity index (χ3n) is 3.56. The van der Waals surface area contributed by atoms with E-state index in [2.05, 4.69) is 4.90 Å². The summed E-state index contributed by atoms with van der Waals surface area (Å²) in [4.78, 5) is 13.8. The van der Waals surface area contributed by atoms with Crippen molar-refractivity contribution in [3.63, 3.8) is 0 Å². The van der Waals surface area contributed by atoms with E-state index in [0.717, 1.165) is 30.4 Å². The molecular formula is C15H15ClN2O2. The van der Waals surface area contributed by atoms with Crippen molar-refractivity contribution in [2.45, 2.75) is 19.6 Å². The summed E-state index contributed by atoms with van der Waals surface area (Å²) >= 11 is 5.88. The molecule has 1 aliphatic rings. The molecule has 2 aromatic rings. The fourth-order valence-electron chi connectivity index (χ4n) is 2.49. The summed E-state index contributed by atoms with van der Waals surface area (Å²) < 4.78 is 1.94. The van der Waals surface area contributed by atoms with Crippen LogP contribution in [0.2, 0.25) is 5.02 Å². The van der Waals surface area contributed by atoms with Gasteiger partial charge in [0.25, 0.3) is 0 Å². The van der Waals surface area contributed by atoms with Crippen molar-refractivity contribution in [3.05, 3.63) is 63.0 Å². The minimum atomic E-state index is -0.315. The van der Waals surface area contributed by atoms with Gasteiger partial charge in [-0.1, -0.05) is 23.7 Å². The van der Waals surface area contributed by atoms with Gasteiger partial charge in [0.05, 0.1) is 6.20 Å². The van der Waals surface area contributed by atoms with Crippen molar-refractivity contribution in [2.24, 2.45) is 0 Å². The van der Waals surface area contributed by atoms with E-state index in [9.17, 15) is 9.90 Å². The molecule has 0 spiro atoms. The first kappa shape index (κ1) is 13.2. The van der Waals surface area contributed by atoms with Crippen LogP contribution in [0.3, 0.4) is 0 Å². The molecule has 5 heteroatoms. The highest BCUT2D eigenvalue weighted by Crippen LogP contribution is 2.17. The lowest BCUT2D eigenvalue weighted by molar-refractivity contribution is 0.210. The van der Waals surface area contributed by atoms with Gasteiger partial charge in [0.15, 0.2) is 5.75 Å². The highest BCUT2D eigenvalue weighted by atomic mass is 35.5. The SMILES string of the molecule is O=c1cc2n(cc1O)CCN(Cc1ccc(Cl)cc1)C2. The van der Waals surface area contributed by atoms with Crippen LogP contribution in [0.1, 0.15) is 11.3 Å². The maximum absolute atomic E-state index is 11.5. The van der Waals surface area contributed by atoms with E-state index in [1.807, 2.05) is 28.8 Å². The van der Waals surface area contributed by atoms with Gasteiger partial charge in [-0.05, 0) is 17.7 Å². The molecule has 0 radical (unpaired) electrons. The largest absolute Gasteiger partial charge is 0.503 e. The molecule has 1 aliphatic heterocycles. The second-order valence-corrected chi connectivity index (χ2v) is 5.48. The van der Waals surface area contributed by atoms with Gasteiger partial charge in [-0.3, -0.25) is 9.69 Å². The monoisotopic (exact) mass is 290 g/mol. The number of benzene rings is 1. The van der Waals surface area contributed by atoms with Crippen LogP contribution in [0.25, 0.3) is 0 Å². The van der Waals surface area contributed by atoms with Crippen LogP contribution >= 0.6 is 11.6 Å². The molecule has 104 valence electrons. The van der Waals surface area contributed by atoms with Gasteiger partial charge in [0, 0.05) is 43.0 Å². The fraction of sp³-hybridized carbons (Fsp3) is 0.267. The zero-order valence-corrected chi connectivity index (χ0v) is 11.7. The molecule has 0 fully saturated rings. The van der Waals surface area contributed by atoms with Gasteiger partial charge in [-0.2, -0.15) is 0 Å². The topological polar surface area (TPSA) is 45.5 Å². The number of hydrogen-bond acceptors (Lipinski definition) is 3. The predicted octanol–water partition coefficient (Wildman–Crippen LogP) is 2.22. The number of pyridine rings is 1. The Bertz CT molecular complexity index is 679. The zero-order valence-electron chi connectivity index (χ0n) is 10.9. The molecule has 0 saturated heterocycles. The van der Waals surface area contributed by atoms with Crippen LogP contribution in [0.5, 0.6) is 5.75 Å². The standard InChI is InChI=1S/C15H15ClN2O2/c16-12-3-1-11(2-4-12)8-17-5-6-18-10-15(20)14(19)7-13(18)9-17/h1-4,7,10,20H,5-6,8-9H2. The molecule has 0 bridgehead atoms. The third-order valence-corrected chi connectivity index (χ3v) is 3.81. The molecule has 3 rings (SSSR count). The molecule has 20 heavy (non-hydrogen) atoms. The number of rotatable bonds is 2. The smallest absolute Gasteiger partial charge is 0.223 e. The van der Waals surface area contributed by atoms with Crippen molar-refractivity contribution in [3.8, 4) is 5.75 Å². The minimum absolute atomic E-state index is 0.181. The van der Waals surface area contributed by atoms with E-state index < -0.39 is 0 Å². The van der Waals surface area contributed by atoms with Crippen molar-refractivity contribution in [1.82, 2.24) is 9.47 Å². The Balaban J connectivity index is 1.77. The summed E-state index contributed by atoms with van der Waals surface area (Å²) in [6.45, 7) is 3.19. The maximum Gasteiger partial charge on any atom is 0.223 e. The van der Waals surface area contributed by atoms with Crippen LogP contribution in [-0.4, -0.2) is 21.1 Å². The number of halogens is 1. The number of nitrogens with zero attached hydrogens (tertiary/aromatic N) is 2. The Labute approximate surface area is 121 Å². The summed E-state index contributed by atoms with van der Waals surface area (Å²) in [6.07, 6.45) is 1.53. The first-order chi connectivity index (χ1) is 9.61. The van der Waals surface area contributed by atoms with Crippen LogP contribution in [0, 0.1) is 0 Å².